The summed E-state index contributed by atoms with van der Waals surface area (Å²) in [6, 6.07) is 26.9. The van der Waals surface area contributed by atoms with Gasteiger partial charge in [-0.2, -0.15) is 0 Å². The summed E-state index contributed by atoms with van der Waals surface area (Å²) in [5.74, 6) is 0. The van der Waals surface area contributed by atoms with Gasteiger partial charge in [-0.05, 0) is 41.8 Å². The zero-order chi connectivity index (χ0) is 16.5. The SMILES string of the molecule is O=c1c2ccccc2cc(-c2cccc(Cl)c2)n1-c1ccccc1. The fraction of sp³-hybridized carbons (Fsp3) is 0. The fourth-order valence-corrected chi connectivity index (χ4v) is 3.14. The molecule has 0 saturated carbocycles. The van der Waals surface area contributed by atoms with Crippen LogP contribution in [0.2, 0.25) is 5.02 Å². The number of aromatic nitrogens is 1. The summed E-state index contributed by atoms with van der Waals surface area (Å²) >= 11 is 6.16. The van der Waals surface area contributed by atoms with Crippen LogP contribution in [0.25, 0.3) is 27.7 Å². The lowest BCUT2D eigenvalue weighted by Gasteiger charge is -2.15. The molecule has 0 unspecified atom stereocenters. The summed E-state index contributed by atoms with van der Waals surface area (Å²) in [6.45, 7) is 0. The number of halogens is 1. The Morgan fingerprint density at radius 3 is 2.29 bits per heavy atom. The van der Waals surface area contributed by atoms with Gasteiger partial charge in [0.2, 0.25) is 0 Å². The average molecular weight is 332 g/mol. The molecule has 1 heterocycles. The van der Waals surface area contributed by atoms with Crippen LogP contribution >= 0.6 is 11.6 Å². The lowest BCUT2D eigenvalue weighted by molar-refractivity contribution is 1.02. The Morgan fingerprint density at radius 1 is 0.750 bits per heavy atom. The van der Waals surface area contributed by atoms with E-state index >= 15 is 0 Å². The normalized spacial score (nSPS) is 10.9. The highest BCUT2D eigenvalue weighted by Gasteiger charge is 2.12. The molecule has 0 amide bonds. The smallest absolute Gasteiger partial charge is 0.263 e. The third kappa shape index (κ3) is 2.51. The predicted molar refractivity (Wildman–Crippen MR) is 100.0 cm³/mol. The highest BCUT2D eigenvalue weighted by atomic mass is 35.5. The lowest BCUT2D eigenvalue weighted by Crippen LogP contribution is -2.20. The van der Waals surface area contributed by atoms with E-state index in [1.54, 1.807) is 4.57 Å². The molecule has 116 valence electrons. The Morgan fingerprint density at radius 2 is 1.50 bits per heavy atom. The minimum Gasteiger partial charge on any atom is -0.276 e. The highest BCUT2D eigenvalue weighted by Crippen LogP contribution is 2.27. The molecule has 2 nitrogen and oxygen atoms in total. The molecule has 0 aliphatic heterocycles. The molecule has 0 fully saturated rings. The Kier molecular flexibility index (Phi) is 3.68. The second-order valence-electron chi connectivity index (χ2n) is 5.60. The van der Waals surface area contributed by atoms with Crippen molar-refractivity contribution in [1.29, 1.82) is 0 Å². The van der Waals surface area contributed by atoms with Crippen molar-refractivity contribution < 1.29 is 0 Å². The van der Waals surface area contributed by atoms with E-state index in [2.05, 4.69) is 0 Å². The molecule has 4 rings (SSSR count). The van der Waals surface area contributed by atoms with Gasteiger partial charge in [0.25, 0.3) is 5.56 Å². The second-order valence-corrected chi connectivity index (χ2v) is 6.04. The maximum atomic E-state index is 13.1. The topological polar surface area (TPSA) is 22.0 Å². The van der Waals surface area contributed by atoms with Crippen LogP contribution in [0.1, 0.15) is 0 Å². The monoisotopic (exact) mass is 331 g/mol. The van der Waals surface area contributed by atoms with Crippen LogP contribution in [0.4, 0.5) is 0 Å². The van der Waals surface area contributed by atoms with E-state index in [-0.39, 0.29) is 5.56 Å². The predicted octanol–water partition coefficient (Wildman–Crippen LogP) is 5.31. The molecule has 4 aromatic rings. The summed E-state index contributed by atoms with van der Waals surface area (Å²) in [4.78, 5) is 13.1. The van der Waals surface area contributed by atoms with Gasteiger partial charge in [0.1, 0.15) is 0 Å². The molecule has 0 spiro atoms. The van der Waals surface area contributed by atoms with Crippen LogP contribution in [-0.4, -0.2) is 4.57 Å². The minimum atomic E-state index is -0.0331. The Labute approximate surface area is 144 Å². The first-order valence-corrected chi connectivity index (χ1v) is 8.08. The van der Waals surface area contributed by atoms with Crippen LogP contribution in [0.5, 0.6) is 0 Å². The van der Waals surface area contributed by atoms with Gasteiger partial charge in [-0.25, -0.2) is 0 Å². The van der Waals surface area contributed by atoms with Crippen LogP contribution in [-0.2, 0) is 0 Å². The zero-order valence-corrected chi connectivity index (χ0v) is 13.6. The van der Waals surface area contributed by atoms with Gasteiger partial charge in [0.15, 0.2) is 0 Å². The Bertz CT molecular complexity index is 1080. The van der Waals surface area contributed by atoms with Gasteiger partial charge in [0.05, 0.1) is 5.69 Å². The molecular formula is C21H14ClNO. The second kappa shape index (κ2) is 5.99. The number of fused-ring (bicyclic) bond motifs is 1. The van der Waals surface area contributed by atoms with Crippen molar-refractivity contribution in [1.82, 2.24) is 4.57 Å². The maximum Gasteiger partial charge on any atom is 0.263 e. The molecule has 0 atom stereocenters. The van der Waals surface area contributed by atoms with Crippen molar-refractivity contribution in [3.8, 4) is 16.9 Å². The number of hydrogen-bond donors (Lipinski definition) is 0. The first-order valence-electron chi connectivity index (χ1n) is 7.70. The number of para-hydroxylation sites is 1. The van der Waals surface area contributed by atoms with Crippen molar-refractivity contribution in [3.05, 3.63) is 100 Å². The van der Waals surface area contributed by atoms with Gasteiger partial charge in [-0.3, -0.25) is 9.36 Å². The summed E-state index contributed by atoms with van der Waals surface area (Å²) in [6.07, 6.45) is 0. The molecule has 0 N–H and O–H groups in total. The van der Waals surface area contributed by atoms with E-state index in [1.807, 2.05) is 84.9 Å². The highest BCUT2D eigenvalue weighted by molar-refractivity contribution is 6.30. The first-order chi connectivity index (χ1) is 11.7. The van der Waals surface area contributed by atoms with E-state index in [1.165, 1.54) is 0 Å². The number of nitrogens with zero attached hydrogens (tertiary/aromatic N) is 1. The molecule has 3 heteroatoms. The van der Waals surface area contributed by atoms with Gasteiger partial charge < -0.3 is 0 Å². The summed E-state index contributed by atoms with van der Waals surface area (Å²) in [5.41, 5.74) is 2.54. The summed E-state index contributed by atoms with van der Waals surface area (Å²) in [7, 11) is 0. The van der Waals surface area contributed by atoms with Crippen LogP contribution < -0.4 is 5.56 Å². The fourth-order valence-electron chi connectivity index (χ4n) is 2.95. The van der Waals surface area contributed by atoms with Gasteiger partial charge in [0, 0.05) is 21.7 Å². The van der Waals surface area contributed by atoms with Crippen molar-refractivity contribution in [2.24, 2.45) is 0 Å². The Balaban J connectivity index is 2.13. The molecule has 24 heavy (non-hydrogen) atoms. The van der Waals surface area contributed by atoms with Crippen LogP contribution in [0.3, 0.4) is 0 Å². The Hall–Kier alpha value is -2.84. The van der Waals surface area contributed by atoms with Crippen molar-refractivity contribution >= 4 is 22.4 Å². The van der Waals surface area contributed by atoms with E-state index in [9.17, 15) is 4.79 Å². The zero-order valence-electron chi connectivity index (χ0n) is 12.8. The van der Waals surface area contributed by atoms with Gasteiger partial charge in [-0.1, -0.05) is 60.1 Å². The molecule has 0 aliphatic carbocycles. The number of hydrogen-bond acceptors (Lipinski definition) is 1. The molecule has 3 aromatic carbocycles. The van der Waals surface area contributed by atoms with E-state index in [0.29, 0.717) is 10.4 Å². The van der Waals surface area contributed by atoms with E-state index in [0.717, 1.165) is 22.3 Å². The van der Waals surface area contributed by atoms with Crippen molar-refractivity contribution in [2.75, 3.05) is 0 Å². The quantitative estimate of drug-likeness (QED) is 0.488. The third-order valence-electron chi connectivity index (χ3n) is 4.06. The maximum absolute atomic E-state index is 13.1. The molecule has 1 aromatic heterocycles. The van der Waals surface area contributed by atoms with E-state index in [4.69, 9.17) is 11.6 Å². The number of pyridine rings is 1. The summed E-state index contributed by atoms with van der Waals surface area (Å²) < 4.78 is 1.74. The minimum absolute atomic E-state index is 0.0331. The van der Waals surface area contributed by atoms with Crippen molar-refractivity contribution in [2.45, 2.75) is 0 Å². The van der Waals surface area contributed by atoms with Crippen LogP contribution in [0.15, 0.2) is 89.7 Å². The summed E-state index contributed by atoms with van der Waals surface area (Å²) in [5, 5.41) is 2.27. The molecule has 0 radical (unpaired) electrons. The lowest BCUT2D eigenvalue weighted by atomic mass is 10.1. The van der Waals surface area contributed by atoms with Gasteiger partial charge in [-0.15, -0.1) is 0 Å². The van der Waals surface area contributed by atoms with Gasteiger partial charge >= 0.3 is 0 Å². The van der Waals surface area contributed by atoms with Crippen molar-refractivity contribution in [3.63, 3.8) is 0 Å². The first kappa shape index (κ1) is 14.7. The number of rotatable bonds is 2. The van der Waals surface area contributed by atoms with Crippen LogP contribution in [0, 0.1) is 0 Å². The van der Waals surface area contributed by atoms with E-state index < -0.39 is 0 Å². The average Bonchev–Trinajstić information content (AvgIpc) is 2.62. The number of benzene rings is 3. The molecule has 0 saturated heterocycles. The standard InChI is InChI=1S/C21H14ClNO/c22-17-9-6-8-16(13-17)20-14-15-7-4-5-12-19(15)21(24)23(20)18-10-2-1-3-11-18/h1-14H. The third-order valence-corrected chi connectivity index (χ3v) is 4.30. The largest absolute Gasteiger partial charge is 0.276 e. The molecular weight excluding hydrogens is 318 g/mol. The molecule has 0 aliphatic rings. The molecule has 0 bridgehead atoms.